The third-order valence-electron chi connectivity index (χ3n) is 3.15. The monoisotopic (exact) mass is 359 g/mol. The summed E-state index contributed by atoms with van der Waals surface area (Å²) >= 11 is 3.40. The largest absolute Gasteiger partial charge is 0.304 e. The number of hydrogen-bond acceptors (Lipinski definition) is 3. The molecule has 6 nitrogen and oxygen atoms in total. The smallest absolute Gasteiger partial charge is 0.277 e. The molecule has 0 saturated carbocycles. The number of aryl methyl sites for hydroxylation is 2. The van der Waals surface area contributed by atoms with Gasteiger partial charge < -0.3 is 5.32 Å². The van der Waals surface area contributed by atoms with Gasteiger partial charge in [-0.3, -0.25) is 9.48 Å². The van der Waals surface area contributed by atoms with Gasteiger partial charge in [-0.2, -0.15) is 10.2 Å². The highest BCUT2D eigenvalue weighted by molar-refractivity contribution is 9.10. The summed E-state index contributed by atoms with van der Waals surface area (Å²) in [6.07, 6.45) is 1.77. The van der Waals surface area contributed by atoms with Gasteiger partial charge in [0.1, 0.15) is 0 Å². The highest BCUT2D eigenvalue weighted by atomic mass is 79.9. The average Bonchev–Trinajstić information content (AvgIpc) is 3.06. The van der Waals surface area contributed by atoms with Gasteiger partial charge in [-0.25, -0.2) is 4.68 Å². The van der Waals surface area contributed by atoms with Crippen LogP contribution < -0.4 is 5.32 Å². The number of halogens is 1. The SMILES string of the molecule is Cc1cc(C(=O)Nc2ccn(C)n2)nn1-c1ccc(Br)cc1. The predicted octanol–water partition coefficient (Wildman–Crippen LogP) is 2.93. The first kappa shape index (κ1) is 14.5. The van der Waals surface area contributed by atoms with E-state index in [1.807, 2.05) is 31.2 Å². The topological polar surface area (TPSA) is 64.7 Å². The first-order valence-corrected chi connectivity index (χ1v) is 7.46. The van der Waals surface area contributed by atoms with Gasteiger partial charge in [0.2, 0.25) is 0 Å². The molecule has 0 spiro atoms. The fourth-order valence-corrected chi connectivity index (χ4v) is 2.36. The molecule has 0 atom stereocenters. The van der Waals surface area contributed by atoms with Crippen molar-refractivity contribution >= 4 is 27.7 Å². The van der Waals surface area contributed by atoms with Gasteiger partial charge in [0.15, 0.2) is 11.5 Å². The Kier molecular flexibility index (Phi) is 3.81. The third-order valence-corrected chi connectivity index (χ3v) is 3.68. The third kappa shape index (κ3) is 2.94. The lowest BCUT2D eigenvalue weighted by Crippen LogP contribution is -2.13. The first-order chi connectivity index (χ1) is 10.5. The minimum absolute atomic E-state index is 0.280. The van der Waals surface area contributed by atoms with Crippen LogP contribution in [0.1, 0.15) is 16.2 Å². The van der Waals surface area contributed by atoms with E-state index in [-0.39, 0.29) is 5.91 Å². The van der Waals surface area contributed by atoms with E-state index in [2.05, 4.69) is 31.4 Å². The van der Waals surface area contributed by atoms with Crippen molar-refractivity contribution in [3.63, 3.8) is 0 Å². The van der Waals surface area contributed by atoms with Crippen molar-refractivity contribution in [1.82, 2.24) is 19.6 Å². The molecule has 1 N–H and O–H groups in total. The maximum Gasteiger partial charge on any atom is 0.277 e. The van der Waals surface area contributed by atoms with Crippen molar-refractivity contribution in [2.75, 3.05) is 5.32 Å². The number of anilines is 1. The van der Waals surface area contributed by atoms with E-state index < -0.39 is 0 Å². The summed E-state index contributed by atoms with van der Waals surface area (Å²) in [5.74, 6) is 0.223. The summed E-state index contributed by atoms with van der Waals surface area (Å²) in [4.78, 5) is 12.2. The van der Waals surface area contributed by atoms with Crippen LogP contribution >= 0.6 is 15.9 Å². The molecule has 3 rings (SSSR count). The molecule has 22 heavy (non-hydrogen) atoms. The molecule has 3 aromatic rings. The van der Waals surface area contributed by atoms with Crippen LogP contribution in [-0.4, -0.2) is 25.5 Å². The number of aromatic nitrogens is 4. The van der Waals surface area contributed by atoms with Crippen molar-refractivity contribution < 1.29 is 4.79 Å². The van der Waals surface area contributed by atoms with E-state index in [9.17, 15) is 4.79 Å². The van der Waals surface area contributed by atoms with Crippen LogP contribution in [0.4, 0.5) is 5.82 Å². The zero-order valence-corrected chi connectivity index (χ0v) is 13.7. The van der Waals surface area contributed by atoms with Crippen LogP contribution in [0, 0.1) is 6.92 Å². The quantitative estimate of drug-likeness (QED) is 0.781. The fourth-order valence-electron chi connectivity index (χ4n) is 2.09. The Morgan fingerprint density at radius 3 is 2.55 bits per heavy atom. The minimum atomic E-state index is -0.280. The molecule has 0 saturated heterocycles. The molecule has 1 amide bonds. The molecule has 2 heterocycles. The number of nitrogens with zero attached hydrogens (tertiary/aromatic N) is 4. The van der Waals surface area contributed by atoms with Crippen LogP contribution in [-0.2, 0) is 7.05 Å². The molecule has 0 unspecified atom stereocenters. The summed E-state index contributed by atoms with van der Waals surface area (Å²) in [5, 5.41) is 11.2. The molecule has 0 aliphatic carbocycles. The molecule has 0 aliphatic heterocycles. The van der Waals surface area contributed by atoms with Gasteiger partial charge >= 0.3 is 0 Å². The first-order valence-electron chi connectivity index (χ1n) is 6.66. The van der Waals surface area contributed by atoms with E-state index >= 15 is 0 Å². The number of rotatable bonds is 3. The van der Waals surface area contributed by atoms with Crippen molar-refractivity contribution in [1.29, 1.82) is 0 Å². The van der Waals surface area contributed by atoms with E-state index in [0.29, 0.717) is 11.5 Å². The van der Waals surface area contributed by atoms with Gasteiger partial charge in [0, 0.05) is 29.5 Å². The molecule has 0 radical (unpaired) electrons. The van der Waals surface area contributed by atoms with Crippen molar-refractivity contribution in [2.24, 2.45) is 7.05 Å². The van der Waals surface area contributed by atoms with Crippen molar-refractivity contribution in [2.45, 2.75) is 6.92 Å². The molecule has 0 bridgehead atoms. The van der Waals surface area contributed by atoms with Crippen LogP contribution in [0.2, 0.25) is 0 Å². The molecule has 0 aliphatic rings. The zero-order chi connectivity index (χ0) is 15.7. The number of carbonyl (C=O) groups excluding carboxylic acids is 1. The summed E-state index contributed by atoms with van der Waals surface area (Å²) in [6, 6.07) is 11.2. The number of benzene rings is 1. The van der Waals surface area contributed by atoms with E-state index in [1.54, 1.807) is 34.7 Å². The van der Waals surface area contributed by atoms with Crippen LogP contribution in [0.15, 0.2) is 47.1 Å². The number of amides is 1. The van der Waals surface area contributed by atoms with E-state index in [4.69, 9.17) is 0 Å². The van der Waals surface area contributed by atoms with Gasteiger partial charge in [-0.05, 0) is 37.3 Å². The lowest BCUT2D eigenvalue weighted by atomic mass is 10.3. The summed E-state index contributed by atoms with van der Waals surface area (Å²) in [6.45, 7) is 1.91. The minimum Gasteiger partial charge on any atom is -0.304 e. The Morgan fingerprint density at radius 2 is 1.91 bits per heavy atom. The normalized spacial score (nSPS) is 10.7. The fraction of sp³-hybridized carbons (Fsp3) is 0.133. The second-order valence-corrected chi connectivity index (χ2v) is 5.80. The molecule has 7 heteroatoms. The summed E-state index contributed by atoms with van der Waals surface area (Å²) in [7, 11) is 1.79. The second-order valence-electron chi connectivity index (χ2n) is 4.89. The zero-order valence-electron chi connectivity index (χ0n) is 12.1. The second kappa shape index (κ2) is 5.76. The summed E-state index contributed by atoms with van der Waals surface area (Å²) in [5.41, 5.74) is 2.14. The molecular formula is C15H14BrN5O. The van der Waals surface area contributed by atoms with Crippen LogP contribution in [0.25, 0.3) is 5.69 Å². The Labute approximate surface area is 135 Å². The average molecular weight is 360 g/mol. The van der Waals surface area contributed by atoms with Gasteiger partial charge in [0.25, 0.3) is 5.91 Å². The lowest BCUT2D eigenvalue weighted by Gasteiger charge is -2.03. The molecule has 1 aromatic carbocycles. The van der Waals surface area contributed by atoms with Crippen LogP contribution in [0.5, 0.6) is 0 Å². The highest BCUT2D eigenvalue weighted by Crippen LogP contribution is 2.16. The Hall–Kier alpha value is -2.41. The predicted molar refractivity (Wildman–Crippen MR) is 87.2 cm³/mol. The van der Waals surface area contributed by atoms with Crippen molar-refractivity contribution in [3.8, 4) is 5.69 Å². The molecular weight excluding hydrogens is 346 g/mol. The standard InChI is InChI=1S/C15H14BrN5O/c1-10-9-13(15(22)17-14-7-8-20(2)19-14)18-21(10)12-5-3-11(16)4-6-12/h3-9H,1-2H3,(H,17,19,22). The Bertz CT molecular complexity index is 819. The van der Waals surface area contributed by atoms with Gasteiger partial charge in [-0.15, -0.1) is 0 Å². The summed E-state index contributed by atoms with van der Waals surface area (Å²) < 4.78 is 4.36. The molecule has 0 fully saturated rings. The Morgan fingerprint density at radius 1 is 1.18 bits per heavy atom. The number of nitrogens with one attached hydrogen (secondary N) is 1. The maximum atomic E-state index is 12.2. The van der Waals surface area contributed by atoms with Crippen LogP contribution in [0.3, 0.4) is 0 Å². The van der Waals surface area contributed by atoms with Gasteiger partial charge in [-0.1, -0.05) is 15.9 Å². The van der Waals surface area contributed by atoms with E-state index in [1.165, 1.54) is 0 Å². The molecule has 112 valence electrons. The van der Waals surface area contributed by atoms with Crippen molar-refractivity contribution in [3.05, 3.63) is 58.5 Å². The van der Waals surface area contributed by atoms with E-state index in [0.717, 1.165) is 15.9 Å². The molecule has 2 aromatic heterocycles. The Balaban J connectivity index is 1.85. The highest BCUT2D eigenvalue weighted by Gasteiger charge is 2.14. The number of carbonyl (C=O) groups is 1. The lowest BCUT2D eigenvalue weighted by molar-refractivity contribution is 0.102. The van der Waals surface area contributed by atoms with Gasteiger partial charge in [0.05, 0.1) is 5.69 Å². The maximum absolute atomic E-state index is 12.2. The number of hydrogen-bond donors (Lipinski definition) is 1.